The highest BCUT2D eigenvalue weighted by Gasteiger charge is 2.33. The smallest absolute Gasteiger partial charge is 0.133 e. The molecule has 178 valence electrons. The molecule has 2 atom stereocenters. The summed E-state index contributed by atoms with van der Waals surface area (Å²) in [7, 11) is 0. The van der Waals surface area contributed by atoms with Gasteiger partial charge in [-0.05, 0) is 95.5 Å². The van der Waals surface area contributed by atoms with Gasteiger partial charge < -0.3 is 14.9 Å². The summed E-state index contributed by atoms with van der Waals surface area (Å²) in [5.41, 5.74) is 2.36. The topological polar surface area (TPSA) is 52.9 Å². The molecule has 1 saturated heterocycles. The normalized spacial score (nSPS) is 20.6. The van der Waals surface area contributed by atoms with Crippen LogP contribution in [0.2, 0.25) is 0 Å². The van der Waals surface area contributed by atoms with Crippen LogP contribution < -0.4 is 4.74 Å². The van der Waals surface area contributed by atoms with Crippen molar-refractivity contribution in [3.63, 3.8) is 0 Å². The van der Waals surface area contributed by atoms with E-state index in [-0.39, 0.29) is 22.0 Å². The average Bonchev–Trinajstić information content (AvgIpc) is 2.85. The molecule has 2 unspecified atom stereocenters. The largest absolute Gasteiger partial charge is 0.508 e. The van der Waals surface area contributed by atoms with Crippen LogP contribution in [0.3, 0.4) is 0 Å². The number of fused-ring (bicyclic) bond motifs is 1. The van der Waals surface area contributed by atoms with Gasteiger partial charge in [-0.3, -0.25) is 4.90 Å². The molecule has 2 heterocycles. The summed E-state index contributed by atoms with van der Waals surface area (Å²) >= 11 is 7.32. The lowest BCUT2D eigenvalue weighted by Gasteiger charge is -2.33. The molecule has 0 saturated carbocycles. The van der Waals surface area contributed by atoms with E-state index in [0.29, 0.717) is 6.61 Å². The van der Waals surface area contributed by atoms with Crippen LogP contribution in [0.25, 0.3) is 0 Å². The van der Waals surface area contributed by atoms with Crippen molar-refractivity contribution in [2.24, 2.45) is 0 Å². The highest BCUT2D eigenvalue weighted by atomic mass is 79.9. The van der Waals surface area contributed by atoms with E-state index in [1.807, 2.05) is 36.0 Å². The number of phenolic OH excluding ortho intramolecular Hbond substituents is 2. The molecule has 0 radical (unpaired) electrons. The maximum Gasteiger partial charge on any atom is 0.133 e. The minimum absolute atomic E-state index is 0.137. The van der Waals surface area contributed by atoms with E-state index in [2.05, 4.69) is 39.0 Å². The molecule has 0 amide bonds. The highest BCUT2D eigenvalue weighted by Crippen LogP contribution is 2.60. The summed E-state index contributed by atoms with van der Waals surface area (Å²) in [6, 6.07) is 19.5. The van der Waals surface area contributed by atoms with Gasteiger partial charge in [0.25, 0.3) is 0 Å². The third kappa shape index (κ3) is 5.54. The van der Waals surface area contributed by atoms with Gasteiger partial charge in [0.1, 0.15) is 23.9 Å². The zero-order valence-electron chi connectivity index (χ0n) is 18.8. The Morgan fingerprint density at radius 3 is 2.24 bits per heavy atom. The van der Waals surface area contributed by atoms with Gasteiger partial charge in [-0.2, -0.15) is 0 Å². The Kier molecular flexibility index (Phi) is 7.64. The van der Waals surface area contributed by atoms with E-state index in [9.17, 15) is 10.2 Å². The molecule has 2 aliphatic heterocycles. The predicted octanol–water partition coefficient (Wildman–Crippen LogP) is 7.41. The Balaban J connectivity index is 1.36. The Hall–Kier alpha value is -1.80. The van der Waals surface area contributed by atoms with E-state index >= 15 is 0 Å². The fraction of sp³-hybridized carbons (Fsp3) is 0.333. The van der Waals surface area contributed by atoms with Gasteiger partial charge in [-0.15, -0.1) is 23.5 Å². The molecule has 3 aromatic rings. The lowest BCUT2D eigenvalue weighted by molar-refractivity contribution is 0.183. The van der Waals surface area contributed by atoms with Gasteiger partial charge in [-0.25, -0.2) is 0 Å². The van der Waals surface area contributed by atoms with E-state index in [0.717, 1.165) is 27.2 Å². The summed E-state index contributed by atoms with van der Waals surface area (Å²) in [6.07, 6.45) is 3.93. The third-order valence-electron chi connectivity index (χ3n) is 6.33. The van der Waals surface area contributed by atoms with Crippen molar-refractivity contribution in [3.8, 4) is 17.2 Å². The molecule has 7 heteroatoms. The number of hydrogen-bond acceptors (Lipinski definition) is 6. The fourth-order valence-electron chi connectivity index (χ4n) is 4.51. The summed E-state index contributed by atoms with van der Waals surface area (Å²) in [5, 5.41) is 20.1. The van der Waals surface area contributed by atoms with E-state index < -0.39 is 0 Å². The second-order valence-electron chi connectivity index (χ2n) is 8.74. The van der Waals surface area contributed by atoms with E-state index in [1.54, 1.807) is 30.0 Å². The molecule has 5 rings (SSSR count). The first-order chi connectivity index (χ1) is 16.6. The van der Waals surface area contributed by atoms with Gasteiger partial charge in [-0.1, -0.05) is 24.6 Å². The Bertz CT molecular complexity index is 1140. The quantitative estimate of drug-likeness (QED) is 0.329. The van der Waals surface area contributed by atoms with Gasteiger partial charge in [0.15, 0.2) is 0 Å². The highest BCUT2D eigenvalue weighted by molar-refractivity contribution is 9.10. The number of nitrogens with zero attached hydrogens (tertiary/aromatic N) is 1. The van der Waals surface area contributed by atoms with Crippen molar-refractivity contribution >= 4 is 39.5 Å². The molecule has 2 N–H and O–H groups in total. The van der Waals surface area contributed by atoms with Gasteiger partial charge in [0, 0.05) is 16.3 Å². The first-order valence-electron chi connectivity index (χ1n) is 11.7. The number of benzene rings is 3. The lowest BCUT2D eigenvalue weighted by Crippen LogP contribution is -2.33. The van der Waals surface area contributed by atoms with Gasteiger partial charge in [0.05, 0.1) is 15.0 Å². The molecule has 1 fully saturated rings. The summed E-state index contributed by atoms with van der Waals surface area (Å²) in [4.78, 5) is 4.73. The zero-order chi connectivity index (χ0) is 23.5. The lowest BCUT2D eigenvalue weighted by atomic mass is 10.0. The molecule has 2 aliphatic rings. The number of halogens is 1. The standard InChI is InChI=1S/C27H28BrNO3S2/c28-22-16-19(6-10-23(22)32-15-14-29-12-2-1-3-13-29)27-26(18-4-7-20(30)8-5-18)34-25-17-21(31)9-11-24(25)33-27/h4-11,16-17,26-27,30-31H,1-3,12-15H2. The van der Waals surface area contributed by atoms with Crippen LogP contribution in [-0.4, -0.2) is 41.4 Å². The van der Waals surface area contributed by atoms with Crippen molar-refractivity contribution in [2.75, 3.05) is 26.2 Å². The molecular weight excluding hydrogens is 530 g/mol. The predicted molar refractivity (Wildman–Crippen MR) is 143 cm³/mol. The number of ether oxygens (including phenoxy) is 1. The van der Waals surface area contributed by atoms with Crippen molar-refractivity contribution in [3.05, 3.63) is 76.3 Å². The number of likely N-dealkylation sites (tertiary alicyclic amines) is 1. The van der Waals surface area contributed by atoms with Crippen LogP contribution in [0, 0.1) is 0 Å². The number of thioether (sulfide) groups is 2. The molecular formula is C27H28BrNO3S2. The van der Waals surface area contributed by atoms with Crippen LogP contribution in [-0.2, 0) is 0 Å². The Morgan fingerprint density at radius 2 is 1.47 bits per heavy atom. The first kappa shape index (κ1) is 23.9. The molecule has 34 heavy (non-hydrogen) atoms. The summed E-state index contributed by atoms with van der Waals surface area (Å²) < 4.78 is 7.09. The third-order valence-corrected chi connectivity index (χ3v) is 10.0. The van der Waals surface area contributed by atoms with E-state index in [4.69, 9.17) is 4.74 Å². The van der Waals surface area contributed by atoms with Crippen molar-refractivity contribution in [1.82, 2.24) is 4.90 Å². The number of aromatic hydroxyl groups is 2. The summed E-state index contributed by atoms with van der Waals surface area (Å²) in [6.45, 7) is 4.02. The molecule has 4 nitrogen and oxygen atoms in total. The first-order valence-corrected chi connectivity index (χ1v) is 14.2. The molecule has 0 bridgehead atoms. The van der Waals surface area contributed by atoms with Crippen LogP contribution in [0.15, 0.2) is 74.9 Å². The molecule has 0 aliphatic carbocycles. The molecule has 0 aromatic heterocycles. The second-order valence-corrected chi connectivity index (χ2v) is 12.0. The van der Waals surface area contributed by atoms with Gasteiger partial charge in [0.2, 0.25) is 0 Å². The fourth-order valence-corrected chi connectivity index (χ4v) is 8.02. The monoisotopic (exact) mass is 557 g/mol. The maximum absolute atomic E-state index is 10.0. The number of phenols is 2. The summed E-state index contributed by atoms with van der Waals surface area (Å²) in [5.74, 6) is 1.42. The minimum Gasteiger partial charge on any atom is -0.508 e. The second kappa shape index (κ2) is 10.9. The molecule has 3 aromatic carbocycles. The average molecular weight is 559 g/mol. The van der Waals surface area contributed by atoms with Crippen molar-refractivity contribution in [1.29, 1.82) is 0 Å². The maximum atomic E-state index is 10.0. The van der Waals surface area contributed by atoms with Crippen LogP contribution in [0.4, 0.5) is 0 Å². The number of piperidine rings is 1. The van der Waals surface area contributed by atoms with Crippen LogP contribution >= 0.6 is 39.5 Å². The minimum atomic E-state index is 0.137. The van der Waals surface area contributed by atoms with Gasteiger partial charge >= 0.3 is 0 Å². The Labute approximate surface area is 217 Å². The van der Waals surface area contributed by atoms with Crippen LogP contribution in [0.5, 0.6) is 17.2 Å². The van der Waals surface area contributed by atoms with Crippen molar-refractivity contribution < 1.29 is 14.9 Å². The van der Waals surface area contributed by atoms with Crippen molar-refractivity contribution in [2.45, 2.75) is 39.6 Å². The number of hydrogen-bond donors (Lipinski definition) is 2. The Morgan fingerprint density at radius 1 is 0.794 bits per heavy atom. The SMILES string of the molecule is Oc1ccc(C2Sc3cc(O)ccc3SC2c2ccc(OCCN3CCCCC3)c(Br)c2)cc1. The number of rotatable bonds is 6. The molecule has 0 spiro atoms. The zero-order valence-corrected chi connectivity index (χ0v) is 22.0. The van der Waals surface area contributed by atoms with E-state index in [1.165, 1.54) is 42.8 Å². The van der Waals surface area contributed by atoms with Crippen LogP contribution in [0.1, 0.15) is 40.9 Å².